The van der Waals surface area contributed by atoms with Crippen LogP contribution < -0.4 is 5.32 Å². The van der Waals surface area contributed by atoms with Crippen LogP contribution in [0.5, 0.6) is 0 Å². The van der Waals surface area contributed by atoms with Gasteiger partial charge in [0.2, 0.25) is 0 Å². The molecule has 20 heavy (non-hydrogen) atoms. The molecule has 114 valence electrons. The van der Waals surface area contributed by atoms with Crippen molar-refractivity contribution in [2.45, 2.75) is 43.5 Å². The van der Waals surface area contributed by atoms with Crippen LogP contribution in [-0.2, 0) is 16.6 Å². The Kier molecular flexibility index (Phi) is 6.88. The molecule has 1 rings (SSSR count). The SMILES string of the molecule is C=CCCCN(C)S(=O)(=O)c1cc(CNC(C)C)cs1. The zero-order valence-electron chi connectivity index (χ0n) is 12.4. The highest BCUT2D eigenvalue weighted by atomic mass is 32.2. The van der Waals surface area contributed by atoms with Crippen LogP contribution in [0, 0.1) is 0 Å². The predicted molar refractivity (Wildman–Crippen MR) is 85.5 cm³/mol. The molecule has 1 heterocycles. The van der Waals surface area contributed by atoms with Gasteiger partial charge in [0.25, 0.3) is 10.0 Å². The molecule has 4 nitrogen and oxygen atoms in total. The van der Waals surface area contributed by atoms with Crippen LogP contribution in [0.1, 0.15) is 32.3 Å². The minimum absolute atomic E-state index is 0.386. The standard InChI is InChI=1S/C14H24N2O2S2/c1-5-6-7-8-16(4)20(17,18)14-9-13(11-19-14)10-15-12(2)3/h5,9,11-12,15H,1,6-8,10H2,2-4H3. The number of sulfonamides is 1. The van der Waals surface area contributed by atoms with Crippen molar-refractivity contribution >= 4 is 21.4 Å². The Morgan fingerprint density at radius 3 is 2.80 bits per heavy atom. The highest BCUT2D eigenvalue weighted by molar-refractivity contribution is 7.91. The molecule has 1 aromatic rings. The van der Waals surface area contributed by atoms with Gasteiger partial charge in [0, 0.05) is 26.2 Å². The largest absolute Gasteiger partial charge is 0.310 e. The second-order valence-electron chi connectivity index (χ2n) is 5.07. The molecule has 0 aliphatic rings. The van der Waals surface area contributed by atoms with Crippen molar-refractivity contribution in [2.24, 2.45) is 0 Å². The average molecular weight is 316 g/mol. The van der Waals surface area contributed by atoms with E-state index in [9.17, 15) is 8.42 Å². The van der Waals surface area contributed by atoms with E-state index in [1.165, 1.54) is 15.6 Å². The van der Waals surface area contributed by atoms with E-state index >= 15 is 0 Å². The molecule has 0 fully saturated rings. The monoisotopic (exact) mass is 316 g/mol. The molecule has 1 aromatic heterocycles. The van der Waals surface area contributed by atoms with E-state index in [2.05, 4.69) is 25.7 Å². The Morgan fingerprint density at radius 1 is 1.50 bits per heavy atom. The van der Waals surface area contributed by atoms with E-state index in [0.29, 0.717) is 23.3 Å². The first-order chi connectivity index (χ1) is 9.37. The Morgan fingerprint density at radius 2 is 2.20 bits per heavy atom. The molecule has 0 aliphatic heterocycles. The molecule has 0 unspecified atom stereocenters. The third-order valence-electron chi connectivity index (χ3n) is 2.89. The fourth-order valence-electron chi connectivity index (χ4n) is 1.64. The van der Waals surface area contributed by atoms with Gasteiger partial charge >= 0.3 is 0 Å². The van der Waals surface area contributed by atoms with Crippen molar-refractivity contribution < 1.29 is 8.42 Å². The van der Waals surface area contributed by atoms with E-state index in [1.54, 1.807) is 19.2 Å². The van der Waals surface area contributed by atoms with Gasteiger partial charge in [-0.3, -0.25) is 0 Å². The van der Waals surface area contributed by atoms with Crippen molar-refractivity contribution in [1.82, 2.24) is 9.62 Å². The summed E-state index contributed by atoms with van der Waals surface area (Å²) < 4.78 is 26.6. The Balaban J connectivity index is 2.69. The molecular formula is C14H24N2O2S2. The lowest BCUT2D eigenvalue weighted by Gasteiger charge is -2.15. The number of nitrogens with one attached hydrogen (secondary N) is 1. The summed E-state index contributed by atoms with van der Waals surface area (Å²) in [5, 5.41) is 5.19. The molecule has 0 radical (unpaired) electrons. The number of hydrogen-bond acceptors (Lipinski definition) is 4. The molecule has 0 spiro atoms. The zero-order chi connectivity index (χ0) is 15.2. The predicted octanol–water partition coefficient (Wildman–Crippen LogP) is 2.83. The third-order valence-corrected chi connectivity index (χ3v) is 6.21. The minimum Gasteiger partial charge on any atom is -0.310 e. The van der Waals surface area contributed by atoms with E-state index in [4.69, 9.17) is 0 Å². The maximum atomic E-state index is 12.4. The summed E-state index contributed by atoms with van der Waals surface area (Å²) in [7, 11) is -1.72. The van der Waals surface area contributed by atoms with E-state index in [-0.39, 0.29) is 0 Å². The van der Waals surface area contributed by atoms with Crippen molar-refractivity contribution in [2.75, 3.05) is 13.6 Å². The van der Waals surface area contributed by atoms with Gasteiger partial charge in [0.05, 0.1) is 0 Å². The maximum Gasteiger partial charge on any atom is 0.252 e. The molecule has 0 amide bonds. The minimum atomic E-state index is -3.35. The van der Waals surface area contributed by atoms with Crippen molar-refractivity contribution in [3.63, 3.8) is 0 Å². The Labute approximate surface area is 126 Å². The molecule has 1 N–H and O–H groups in total. The maximum absolute atomic E-state index is 12.4. The summed E-state index contributed by atoms with van der Waals surface area (Å²) in [4.78, 5) is 0. The highest BCUT2D eigenvalue weighted by Crippen LogP contribution is 2.23. The second-order valence-corrected chi connectivity index (χ2v) is 8.25. The molecule has 0 aromatic carbocycles. The lowest BCUT2D eigenvalue weighted by Crippen LogP contribution is -2.27. The Bertz CT molecular complexity index is 521. The van der Waals surface area contributed by atoms with Gasteiger partial charge in [0.1, 0.15) is 4.21 Å². The van der Waals surface area contributed by atoms with Gasteiger partial charge in [-0.15, -0.1) is 17.9 Å². The first-order valence-corrected chi connectivity index (χ1v) is 9.08. The number of rotatable bonds is 9. The van der Waals surface area contributed by atoms with Crippen LogP contribution in [0.25, 0.3) is 0 Å². The van der Waals surface area contributed by atoms with E-state index in [0.717, 1.165) is 18.4 Å². The molecule has 0 atom stereocenters. The Hall–Kier alpha value is -0.690. The molecule has 6 heteroatoms. The van der Waals surface area contributed by atoms with Crippen molar-refractivity contribution in [1.29, 1.82) is 0 Å². The van der Waals surface area contributed by atoms with Crippen LogP contribution in [0.2, 0.25) is 0 Å². The molecule has 0 bridgehead atoms. The summed E-state index contributed by atoms with van der Waals surface area (Å²) in [6, 6.07) is 2.15. The van der Waals surface area contributed by atoms with Gasteiger partial charge < -0.3 is 5.32 Å². The smallest absolute Gasteiger partial charge is 0.252 e. The van der Waals surface area contributed by atoms with E-state index in [1.807, 2.05) is 5.38 Å². The van der Waals surface area contributed by atoms with Crippen LogP contribution in [0.3, 0.4) is 0 Å². The van der Waals surface area contributed by atoms with Crippen molar-refractivity contribution in [3.8, 4) is 0 Å². The van der Waals surface area contributed by atoms with Gasteiger partial charge in [0.15, 0.2) is 0 Å². The van der Waals surface area contributed by atoms with Crippen LogP contribution in [-0.4, -0.2) is 32.4 Å². The topological polar surface area (TPSA) is 49.4 Å². The van der Waals surface area contributed by atoms with Gasteiger partial charge in [-0.25, -0.2) is 12.7 Å². The van der Waals surface area contributed by atoms with Crippen LogP contribution in [0.4, 0.5) is 0 Å². The fraction of sp³-hybridized carbons (Fsp3) is 0.571. The van der Waals surface area contributed by atoms with Crippen LogP contribution >= 0.6 is 11.3 Å². The molecule has 0 saturated heterocycles. The second kappa shape index (κ2) is 7.93. The first kappa shape index (κ1) is 17.4. The van der Waals surface area contributed by atoms with Crippen molar-refractivity contribution in [3.05, 3.63) is 29.7 Å². The molecular weight excluding hydrogens is 292 g/mol. The first-order valence-electron chi connectivity index (χ1n) is 6.76. The number of nitrogens with zero attached hydrogens (tertiary/aromatic N) is 1. The normalized spacial score (nSPS) is 12.2. The third kappa shape index (κ3) is 5.01. The summed E-state index contributed by atoms with van der Waals surface area (Å²) in [5.41, 5.74) is 1.02. The highest BCUT2D eigenvalue weighted by Gasteiger charge is 2.22. The summed E-state index contributed by atoms with van der Waals surface area (Å²) in [6.45, 7) is 8.99. The number of hydrogen-bond donors (Lipinski definition) is 1. The quantitative estimate of drug-likeness (QED) is 0.563. The molecule has 0 saturated carbocycles. The zero-order valence-corrected chi connectivity index (χ0v) is 14.1. The summed E-state index contributed by atoms with van der Waals surface area (Å²) in [5.74, 6) is 0. The van der Waals surface area contributed by atoms with Gasteiger partial charge in [-0.1, -0.05) is 19.9 Å². The van der Waals surface area contributed by atoms with Gasteiger partial charge in [-0.2, -0.15) is 0 Å². The number of thiophene rings is 1. The fourth-order valence-corrected chi connectivity index (χ4v) is 4.26. The number of allylic oxidation sites excluding steroid dienone is 1. The van der Waals surface area contributed by atoms with Crippen LogP contribution in [0.15, 0.2) is 28.3 Å². The number of unbranched alkanes of at least 4 members (excludes halogenated alkanes) is 1. The lowest BCUT2D eigenvalue weighted by molar-refractivity contribution is 0.464. The summed E-state index contributed by atoms with van der Waals surface area (Å²) in [6.07, 6.45) is 3.43. The lowest BCUT2D eigenvalue weighted by atomic mass is 10.3. The summed E-state index contributed by atoms with van der Waals surface area (Å²) >= 11 is 1.29. The van der Waals surface area contributed by atoms with Gasteiger partial charge in [-0.05, 0) is 29.9 Å². The molecule has 0 aliphatic carbocycles. The van der Waals surface area contributed by atoms with E-state index < -0.39 is 10.0 Å². The average Bonchev–Trinajstić information content (AvgIpc) is 2.86.